The monoisotopic (exact) mass is 283 g/mol. The fraction of sp³-hybridized carbons (Fsp3) is 0.833. The molecule has 1 rings (SSSR count). The van der Waals surface area contributed by atoms with Crippen LogP contribution >= 0.6 is 0 Å². The molecule has 0 aliphatic carbocycles. The average molecular weight is 283 g/mol. The largest absolute Gasteiger partial charge is 0.550 e. The van der Waals surface area contributed by atoms with E-state index in [-0.39, 0.29) is 21.1 Å². The van der Waals surface area contributed by atoms with E-state index in [0.29, 0.717) is 6.10 Å². The molecule has 0 aromatic heterocycles. The van der Waals surface area contributed by atoms with Crippen LogP contribution in [0.15, 0.2) is 0 Å². The minimum atomic E-state index is 0. The Balaban J connectivity index is 0.000000490. The fourth-order valence-corrected chi connectivity index (χ4v) is 0.789. The van der Waals surface area contributed by atoms with Crippen LogP contribution in [-0.4, -0.2) is 6.10 Å². The minimum absolute atomic E-state index is 0. The van der Waals surface area contributed by atoms with Crippen LogP contribution in [0.2, 0.25) is 0 Å². The Morgan fingerprint density at radius 3 is 2.62 bits per heavy atom. The van der Waals surface area contributed by atoms with Crippen LogP contribution in [0, 0.1) is 6.61 Å². The molecular formula is C6H11OW-. The minimum Gasteiger partial charge on any atom is -0.550 e. The van der Waals surface area contributed by atoms with Gasteiger partial charge in [-0.25, -0.2) is 6.61 Å². The molecule has 1 aliphatic rings. The Hall–Kier alpha value is 0.648. The van der Waals surface area contributed by atoms with Gasteiger partial charge in [-0.3, -0.25) is 0 Å². The van der Waals surface area contributed by atoms with Crippen molar-refractivity contribution in [3.63, 3.8) is 0 Å². The Bertz CT molecular complexity index is 50.5. The summed E-state index contributed by atoms with van der Waals surface area (Å²) in [4.78, 5) is 0. The normalized spacial score (nSPS) is 28.9. The third kappa shape index (κ3) is 2.84. The standard InChI is InChI=1S/C6H11O.W/c1-6-4-2-3-5-7-6;/h5-6H,2-4H2,1H3;/q-1;. The van der Waals surface area contributed by atoms with E-state index in [4.69, 9.17) is 4.74 Å². The van der Waals surface area contributed by atoms with Crippen molar-refractivity contribution in [1.82, 2.24) is 0 Å². The van der Waals surface area contributed by atoms with Crippen LogP contribution in [0.4, 0.5) is 0 Å². The maximum absolute atomic E-state index is 5.15. The van der Waals surface area contributed by atoms with Crippen molar-refractivity contribution >= 4 is 0 Å². The number of hydrogen-bond donors (Lipinski definition) is 0. The third-order valence-corrected chi connectivity index (χ3v) is 1.26. The van der Waals surface area contributed by atoms with Crippen molar-refractivity contribution in [2.45, 2.75) is 32.3 Å². The topological polar surface area (TPSA) is 9.23 Å². The third-order valence-electron chi connectivity index (χ3n) is 1.26. The van der Waals surface area contributed by atoms with Gasteiger partial charge in [0.05, 0.1) is 0 Å². The molecule has 1 unspecified atom stereocenters. The molecule has 0 aromatic carbocycles. The first-order chi connectivity index (χ1) is 3.39. The van der Waals surface area contributed by atoms with Gasteiger partial charge in [-0.15, -0.1) is 0 Å². The molecule has 1 aliphatic heterocycles. The summed E-state index contributed by atoms with van der Waals surface area (Å²) in [6, 6.07) is 0. The molecule has 0 saturated carbocycles. The summed E-state index contributed by atoms with van der Waals surface area (Å²) in [5.41, 5.74) is 0. The molecule has 0 radical (unpaired) electrons. The zero-order chi connectivity index (χ0) is 5.11. The second kappa shape index (κ2) is 4.52. The van der Waals surface area contributed by atoms with Gasteiger partial charge < -0.3 is 4.74 Å². The Kier molecular flexibility index (Phi) is 4.89. The summed E-state index contributed by atoms with van der Waals surface area (Å²) in [7, 11) is 0. The van der Waals surface area contributed by atoms with E-state index in [9.17, 15) is 0 Å². The molecule has 1 atom stereocenters. The molecule has 1 saturated heterocycles. The van der Waals surface area contributed by atoms with Crippen LogP contribution in [0.5, 0.6) is 0 Å². The van der Waals surface area contributed by atoms with Gasteiger partial charge in [-0.05, 0) is 13.3 Å². The summed E-state index contributed by atoms with van der Waals surface area (Å²) in [5.74, 6) is 0. The average Bonchev–Trinajstić information content (AvgIpc) is 1.69. The molecule has 0 N–H and O–H groups in total. The molecule has 1 fully saturated rings. The molecule has 0 amide bonds. The van der Waals surface area contributed by atoms with Gasteiger partial charge in [0.15, 0.2) is 0 Å². The van der Waals surface area contributed by atoms with Crippen molar-refractivity contribution in [3.05, 3.63) is 6.61 Å². The Morgan fingerprint density at radius 2 is 2.38 bits per heavy atom. The van der Waals surface area contributed by atoms with Gasteiger partial charge in [0.1, 0.15) is 0 Å². The molecule has 1 heterocycles. The molecule has 0 bridgehead atoms. The van der Waals surface area contributed by atoms with Crippen molar-refractivity contribution < 1.29 is 25.8 Å². The van der Waals surface area contributed by atoms with E-state index >= 15 is 0 Å². The van der Waals surface area contributed by atoms with Crippen molar-refractivity contribution in [2.75, 3.05) is 0 Å². The zero-order valence-electron chi connectivity index (χ0n) is 5.09. The Morgan fingerprint density at radius 1 is 1.62 bits per heavy atom. The quantitative estimate of drug-likeness (QED) is 0.615. The van der Waals surface area contributed by atoms with Gasteiger partial charge >= 0.3 is 0 Å². The van der Waals surface area contributed by atoms with Crippen molar-refractivity contribution in [3.8, 4) is 0 Å². The first-order valence-corrected chi connectivity index (χ1v) is 2.87. The van der Waals surface area contributed by atoms with E-state index in [0.717, 1.165) is 6.42 Å². The maximum atomic E-state index is 5.15. The summed E-state index contributed by atoms with van der Waals surface area (Å²) in [6.07, 6.45) is 4.16. The van der Waals surface area contributed by atoms with Crippen molar-refractivity contribution in [1.29, 1.82) is 0 Å². The van der Waals surface area contributed by atoms with Crippen molar-refractivity contribution in [2.24, 2.45) is 0 Å². The summed E-state index contributed by atoms with van der Waals surface area (Å²) in [6.45, 7) is 4.02. The molecule has 8 heavy (non-hydrogen) atoms. The summed E-state index contributed by atoms with van der Waals surface area (Å²) in [5, 5.41) is 0. The zero-order valence-corrected chi connectivity index (χ0v) is 8.03. The van der Waals surface area contributed by atoms with E-state index in [1.165, 1.54) is 12.8 Å². The van der Waals surface area contributed by atoms with E-state index in [1.807, 2.05) is 6.61 Å². The summed E-state index contributed by atoms with van der Waals surface area (Å²) < 4.78 is 5.15. The predicted molar refractivity (Wildman–Crippen MR) is 28.7 cm³/mol. The smallest absolute Gasteiger partial charge is 0.0200 e. The first kappa shape index (κ1) is 8.65. The van der Waals surface area contributed by atoms with E-state index in [2.05, 4.69) is 6.92 Å². The Labute approximate surface area is 65.1 Å². The van der Waals surface area contributed by atoms with Gasteiger partial charge in [0, 0.05) is 27.2 Å². The second-order valence-electron chi connectivity index (χ2n) is 2.04. The van der Waals surface area contributed by atoms with Gasteiger partial charge in [-0.1, -0.05) is 6.42 Å². The summed E-state index contributed by atoms with van der Waals surface area (Å²) >= 11 is 0. The van der Waals surface area contributed by atoms with Gasteiger partial charge in [-0.2, -0.15) is 6.42 Å². The van der Waals surface area contributed by atoms with Crippen LogP contribution in [0.25, 0.3) is 0 Å². The van der Waals surface area contributed by atoms with Gasteiger partial charge in [0.2, 0.25) is 0 Å². The van der Waals surface area contributed by atoms with Crippen LogP contribution in [-0.2, 0) is 25.8 Å². The predicted octanol–water partition coefficient (Wildman–Crippen LogP) is 1.73. The fourth-order valence-electron chi connectivity index (χ4n) is 0.789. The van der Waals surface area contributed by atoms with Gasteiger partial charge in [0.25, 0.3) is 0 Å². The molecule has 0 spiro atoms. The van der Waals surface area contributed by atoms with E-state index < -0.39 is 0 Å². The maximum Gasteiger partial charge on any atom is 0.0200 e. The molecular weight excluding hydrogens is 272 g/mol. The number of rotatable bonds is 0. The van der Waals surface area contributed by atoms with Crippen LogP contribution < -0.4 is 0 Å². The first-order valence-electron chi connectivity index (χ1n) is 2.87. The van der Waals surface area contributed by atoms with E-state index in [1.54, 1.807) is 0 Å². The SMILES string of the molecule is CC1CCC[CH-]O1.[W]. The number of ether oxygens (including phenoxy) is 1. The molecule has 2 heteroatoms. The second-order valence-corrected chi connectivity index (χ2v) is 2.04. The molecule has 48 valence electrons. The molecule has 1 nitrogen and oxygen atoms in total. The number of hydrogen-bond acceptors (Lipinski definition) is 1. The molecule has 0 aromatic rings. The van der Waals surface area contributed by atoms with Crippen LogP contribution in [0.1, 0.15) is 26.2 Å². The van der Waals surface area contributed by atoms with Crippen LogP contribution in [0.3, 0.4) is 0 Å².